The molecule has 10 aromatic rings. The van der Waals surface area contributed by atoms with Crippen molar-refractivity contribution in [2.75, 3.05) is 0 Å². The predicted octanol–water partition coefficient (Wildman–Crippen LogP) is 14.8. The van der Waals surface area contributed by atoms with Crippen molar-refractivity contribution in [3.8, 4) is 11.1 Å². The maximum absolute atomic E-state index is 5.37. The van der Waals surface area contributed by atoms with Crippen molar-refractivity contribution in [1.29, 1.82) is 0 Å². The molecule has 2 heterocycles. The van der Waals surface area contributed by atoms with Crippen LogP contribution in [0.1, 0.15) is 59.4 Å². The largest absolute Gasteiger partial charge is 0.300 e. The van der Waals surface area contributed by atoms with Gasteiger partial charge in [0.15, 0.2) is 0 Å². The Labute approximate surface area is 331 Å². The molecule has 0 saturated heterocycles. The third-order valence-corrected chi connectivity index (χ3v) is 13.3. The van der Waals surface area contributed by atoms with E-state index < -0.39 is 0 Å². The first-order valence-corrected chi connectivity index (χ1v) is 20.7. The van der Waals surface area contributed by atoms with Crippen molar-refractivity contribution in [2.45, 2.75) is 38.0 Å². The van der Waals surface area contributed by atoms with Crippen LogP contribution in [0.15, 0.2) is 175 Å². The second kappa shape index (κ2) is 13.5. The minimum Gasteiger partial charge on any atom is -0.300 e. The first-order chi connectivity index (χ1) is 27.7. The molecule has 1 aliphatic rings. The quantitative estimate of drug-likeness (QED) is 0.115. The molecule has 2 atom stereocenters. The summed E-state index contributed by atoms with van der Waals surface area (Å²) in [5.41, 5.74) is 12.9. The topological polar surface area (TPSA) is 17.3 Å². The molecule has 0 spiro atoms. The molecule has 11 rings (SSSR count). The van der Waals surface area contributed by atoms with E-state index in [1.165, 1.54) is 91.7 Å². The van der Waals surface area contributed by atoms with Crippen LogP contribution in [0.3, 0.4) is 0 Å². The molecular weight excluding hydrogens is 697 g/mol. The zero-order valence-corrected chi connectivity index (χ0v) is 32.1. The Balaban J connectivity index is 1.05. The molecule has 268 valence electrons. The van der Waals surface area contributed by atoms with E-state index in [1.807, 2.05) is 11.3 Å². The molecule has 56 heavy (non-hydrogen) atoms. The molecule has 0 saturated carbocycles. The molecule has 1 unspecified atom stereocenters. The average Bonchev–Trinajstić information content (AvgIpc) is 3.79. The van der Waals surface area contributed by atoms with E-state index in [9.17, 15) is 0 Å². The number of rotatable bonds is 7. The number of para-hydroxylation sites is 1. The summed E-state index contributed by atoms with van der Waals surface area (Å²) in [6.45, 7) is 2.29. The smallest absolute Gasteiger partial charge is 0.100 e. The molecule has 2 nitrogen and oxygen atoms in total. The van der Waals surface area contributed by atoms with Gasteiger partial charge in [-0.1, -0.05) is 141 Å². The number of thiophene rings is 1. The Morgan fingerprint density at radius 3 is 2.32 bits per heavy atom. The molecule has 8 aromatic carbocycles. The van der Waals surface area contributed by atoms with Crippen LogP contribution in [0.2, 0.25) is 0 Å². The fraction of sp³-hybridized carbons (Fsp3) is 0.113. The molecule has 0 N–H and O–H groups in total. The first-order valence-electron chi connectivity index (χ1n) is 19.9. The van der Waals surface area contributed by atoms with E-state index in [0.717, 1.165) is 24.9 Å². The SMILES string of the molecule is CCCC(c1ccc2sc3ccccc3c2c1)c1ccccc1N=Cn1c2ccc([C@H]3Cc4ccccc4-c4ccccc43)cc2c2c3ccccc3ccc21. The molecule has 0 amide bonds. The van der Waals surface area contributed by atoms with Crippen molar-refractivity contribution < 1.29 is 0 Å². The van der Waals surface area contributed by atoms with Gasteiger partial charge in [-0.3, -0.25) is 4.57 Å². The van der Waals surface area contributed by atoms with Crippen molar-refractivity contribution in [3.05, 3.63) is 198 Å². The molecule has 0 fully saturated rings. The maximum atomic E-state index is 5.37. The summed E-state index contributed by atoms with van der Waals surface area (Å²) in [4.78, 5) is 5.37. The monoisotopic (exact) mass is 736 g/mol. The van der Waals surface area contributed by atoms with Crippen molar-refractivity contribution in [2.24, 2.45) is 4.99 Å². The maximum Gasteiger partial charge on any atom is 0.100 e. The summed E-state index contributed by atoms with van der Waals surface area (Å²) in [5, 5.41) is 7.77. The van der Waals surface area contributed by atoms with Crippen LogP contribution in [0, 0.1) is 0 Å². The Bertz CT molecular complexity index is 3160. The van der Waals surface area contributed by atoms with Gasteiger partial charge in [0.1, 0.15) is 6.34 Å². The third-order valence-electron chi connectivity index (χ3n) is 12.2. The van der Waals surface area contributed by atoms with Crippen molar-refractivity contribution in [1.82, 2.24) is 4.57 Å². The van der Waals surface area contributed by atoms with Gasteiger partial charge in [-0.15, -0.1) is 11.3 Å². The minimum absolute atomic E-state index is 0.240. The van der Waals surface area contributed by atoms with E-state index in [4.69, 9.17) is 4.99 Å². The Morgan fingerprint density at radius 1 is 0.643 bits per heavy atom. The summed E-state index contributed by atoms with van der Waals surface area (Å²) >= 11 is 1.88. The highest BCUT2D eigenvalue weighted by atomic mass is 32.1. The average molecular weight is 737 g/mol. The third kappa shape index (κ3) is 5.33. The lowest BCUT2D eigenvalue weighted by atomic mass is 9.75. The van der Waals surface area contributed by atoms with Gasteiger partial charge in [0.25, 0.3) is 0 Å². The molecule has 0 bridgehead atoms. The fourth-order valence-electron chi connectivity index (χ4n) is 9.58. The summed E-state index contributed by atoms with van der Waals surface area (Å²) in [6, 6.07) is 63.1. The van der Waals surface area contributed by atoms with E-state index in [1.54, 1.807) is 0 Å². The van der Waals surface area contributed by atoms with Crippen LogP contribution in [-0.4, -0.2) is 10.9 Å². The Kier molecular flexibility index (Phi) is 7.96. The summed E-state index contributed by atoms with van der Waals surface area (Å²) in [6.07, 6.45) is 5.21. The molecule has 3 heteroatoms. The second-order valence-corrected chi connectivity index (χ2v) is 16.4. The van der Waals surface area contributed by atoms with Gasteiger partial charge in [0.2, 0.25) is 0 Å². The van der Waals surface area contributed by atoms with Gasteiger partial charge in [-0.05, 0) is 105 Å². The van der Waals surface area contributed by atoms with Crippen LogP contribution in [0.4, 0.5) is 5.69 Å². The van der Waals surface area contributed by atoms with Gasteiger partial charge < -0.3 is 0 Å². The molecule has 0 aliphatic heterocycles. The van der Waals surface area contributed by atoms with Gasteiger partial charge in [0.05, 0.1) is 16.7 Å². The Hall–Kier alpha value is -6.29. The number of aromatic nitrogens is 1. The zero-order valence-electron chi connectivity index (χ0n) is 31.3. The number of aliphatic imine (C=N–C) groups is 1. The number of fused-ring (bicyclic) bond motifs is 11. The molecule has 2 aromatic heterocycles. The molecule has 1 aliphatic carbocycles. The van der Waals surface area contributed by atoms with Crippen LogP contribution >= 0.6 is 11.3 Å². The standard InChI is InChI=1S/C53H40N2S/c1-2-13-38(36-26-29-52-46(31-36)44-21-10-12-23-51(44)56-52)43-20-9-11-22-48(43)54-33-55-49-27-25-37(32-47(49)53-40-17-6-3-14-34(40)24-28-50(53)55)45-30-35-15-4-5-16-39(35)41-18-7-8-19-42(41)45/h3-12,14-29,31-33,38,45H,2,13,30H2,1H3/t38?,45-/m1/s1. The number of nitrogens with zero attached hydrogens (tertiary/aromatic N) is 2. The Morgan fingerprint density at radius 2 is 1.39 bits per heavy atom. The van der Waals surface area contributed by atoms with Crippen molar-refractivity contribution in [3.63, 3.8) is 0 Å². The fourth-order valence-corrected chi connectivity index (χ4v) is 10.7. The lowest BCUT2D eigenvalue weighted by Crippen LogP contribution is -2.12. The summed E-state index contributed by atoms with van der Waals surface area (Å²) < 4.78 is 5.01. The lowest BCUT2D eigenvalue weighted by Gasteiger charge is -2.28. The van der Waals surface area contributed by atoms with Gasteiger partial charge in [0, 0.05) is 42.8 Å². The van der Waals surface area contributed by atoms with Crippen LogP contribution in [0.5, 0.6) is 0 Å². The highest BCUT2D eigenvalue weighted by Crippen LogP contribution is 2.45. The number of hydrogen-bond acceptors (Lipinski definition) is 2. The van der Waals surface area contributed by atoms with Gasteiger partial charge in [-0.25, -0.2) is 4.99 Å². The minimum atomic E-state index is 0.240. The summed E-state index contributed by atoms with van der Waals surface area (Å²) in [5.74, 6) is 0.519. The van der Waals surface area contributed by atoms with E-state index >= 15 is 0 Å². The van der Waals surface area contributed by atoms with Gasteiger partial charge in [-0.2, -0.15) is 0 Å². The number of hydrogen-bond donors (Lipinski definition) is 0. The first kappa shape index (κ1) is 33.1. The predicted molar refractivity (Wildman–Crippen MR) is 240 cm³/mol. The van der Waals surface area contributed by atoms with Crippen LogP contribution in [-0.2, 0) is 6.42 Å². The van der Waals surface area contributed by atoms with Crippen LogP contribution in [0.25, 0.3) is 63.9 Å². The van der Waals surface area contributed by atoms with E-state index in [2.05, 4.69) is 188 Å². The number of benzene rings is 8. The van der Waals surface area contributed by atoms with E-state index in [0.29, 0.717) is 0 Å². The van der Waals surface area contributed by atoms with Crippen LogP contribution < -0.4 is 0 Å². The highest BCUT2D eigenvalue weighted by Gasteiger charge is 2.26. The zero-order chi connectivity index (χ0) is 37.2. The normalized spacial score (nSPS) is 14.6. The molecule has 0 radical (unpaired) electrons. The van der Waals surface area contributed by atoms with Crippen molar-refractivity contribution >= 4 is 76.1 Å². The van der Waals surface area contributed by atoms with E-state index in [-0.39, 0.29) is 11.8 Å². The highest BCUT2D eigenvalue weighted by molar-refractivity contribution is 7.25. The lowest BCUT2D eigenvalue weighted by molar-refractivity contribution is 0.700. The van der Waals surface area contributed by atoms with Gasteiger partial charge >= 0.3 is 0 Å². The second-order valence-electron chi connectivity index (χ2n) is 15.3. The molecular formula is C53H40N2S. The summed E-state index contributed by atoms with van der Waals surface area (Å²) in [7, 11) is 0.